The molecule has 1 aliphatic heterocycles. The number of hydrogen-bond donors (Lipinski definition) is 0. The van der Waals surface area contributed by atoms with Crippen LogP contribution in [-0.4, -0.2) is 42.4 Å². The zero-order valence-electron chi connectivity index (χ0n) is 21.2. The summed E-state index contributed by atoms with van der Waals surface area (Å²) in [6.07, 6.45) is 2.78. The van der Waals surface area contributed by atoms with Crippen molar-refractivity contribution < 1.29 is 42.1 Å². The van der Waals surface area contributed by atoms with E-state index in [0.29, 0.717) is 16.2 Å². The lowest BCUT2D eigenvalue weighted by molar-refractivity contribution is -0.605. The number of alkyl halides is 2. The molecule has 1 aromatic heterocycles. The number of carbonyl (C=O) groups excluding carboxylic acids is 3. The van der Waals surface area contributed by atoms with E-state index in [-0.39, 0.29) is 51.3 Å². The molecule has 0 bridgehead atoms. The maximum Gasteiger partial charge on any atom is 0.387 e. The Morgan fingerprint density at radius 3 is 2.24 bits per heavy atom. The third-order valence-corrected chi connectivity index (χ3v) is 7.26. The normalized spacial score (nSPS) is 15.2. The molecule has 5 rings (SSSR count). The molecule has 1 aliphatic carbocycles. The van der Waals surface area contributed by atoms with E-state index >= 15 is 0 Å². The molecule has 0 unspecified atom stereocenters. The fourth-order valence-electron chi connectivity index (χ4n) is 4.37. The second kappa shape index (κ2) is 11.9. The summed E-state index contributed by atoms with van der Waals surface area (Å²) in [4.78, 5) is 39.4. The molecule has 2 aliphatic rings. The van der Waals surface area contributed by atoms with Crippen molar-refractivity contribution in [1.82, 2.24) is 4.90 Å². The van der Waals surface area contributed by atoms with Gasteiger partial charge >= 0.3 is 12.6 Å². The van der Waals surface area contributed by atoms with Gasteiger partial charge in [-0.1, -0.05) is 41.4 Å². The van der Waals surface area contributed by atoms with Crippen LogP contribution in [0.4, 0.5) is 8.78 Å². The van der Waals surface area contributed by atoms with Crippen molar-refractivity contribution in [3.8, 4) is 11.5 Å². The highest BCUT2D eigenvalue weighted by Crippen LogP contribution is 2.38. The molecule has 2 heterocycles. The number of rotatable bonds is 11. The zero-order valence-corrected chi connectivity index (χ0v) is 22.7. The van der Waals surface area contributed by atoms with Crippen LogP contribution in [0.1, 0.15) is 50.8 Å². The van der Waals surface area contributed by atoms with Gasteiger partial charge in [0.15, 0.2) is 23.9 Å². The van der Waals surface area contributed by atoms with Gasteiger partial charge in [-0.25, -0.2) is 0 Å². The largest absolute Gasteiger partial charge is 0.619 e. The Balaban J connectivity index is 1.43. The van der Waals surface area contributed by atoms with Gasteiger partial charge in [0.05, 0.1) is 17.7 Å². The molecule has 0 spiro atoms. The van der Waals surface area contributed by atoms with E-state index in [2.05, 4.69) is 4.74 Å². The van der Waals surface area contributed by atoms with Gasteiger partial charge < -0.3 is 19.4 Å². The van der Waals surface area contributed by atoms with Crippen LogP contribution in [-0.2, 0) is 16.0 Å². The molecule has 1 atom stereocenters. The molecule has 3 aromatic rings. The Morgan fingerprint density at radius 1 is 1.02 bits per heavy atom. The van der Waals surface area contributed by atoms with Crippen LogP contribution < -0.4 is 14.2 Å². The van der Waals surface area contributed by atoms with Gasteiger partial charge in [0, 0.05) is 12.0 Å². The number of carbonyl (C=O) groups is 3. The molecule has 2 aromatic carbocycles. The summed E-state index contributed by atoms with van der Waals surface area (Å²) in [7, 11) is 0. The number of halogens is 4. The van der Waals surface area contributed by atoms with Gasteiger partial charge in [-0.05, 0) is 48.6 Å². The minimum atomic E-state index is -3.10. The summed E-state index contributed by atoms with van der Waals surface area (Å²) in [5.41, 5.74) is 0.914. The average Bonchev–Trinajstić information content (AvgIpc) is 3.72. The van der Waals surface area contributed by atoms with Gasteiger partial charge in [0.1, 0.15) is 22.7 Å². The first-order valence-electron chi connectivity index (χ1n) is 12.5. The number of aromatic nitrogens is 1. The summed E-state index contributed by atoms with van der Waals surface area (Å²) in [5.74, 6) is -2.11. The maximum atomic E-state index is 13.1. The number of ether oxygens (including phenoxy) is 3. The smallest absolute Gasteiger partial charge is 0.387 e. The van der Waals surface area contributed by atoms with Gasteiger partial charge in [-0.15, -0.1) is 0 Å². The van der Waals surface area contributed by atoms with E-state index in [1.807, 2.05) is 0 Å². The first-order chi connectivity index (χ1) is 19.6. The van der Waals surface area contributed by atoms with E-state index in [9.17, 15) is 28.4 Å². The highest BCUT2D eigenvalue weighted by Gasteiger charge is 2.37. The fraction of sp³-hybridized carbons (Fsp3) is 0.286. The highest BCUT2D eigenvalue weighted by atomic mass is 35.5. The third-order valence-electron chi connectivity index (χ3n) is 6.61. The quantitative estimate of drug-likeness (QED) is 0.129. The standard InChI is InChI=1S/C28H22Cl2F2N2O7/c29-20-11-33(38)12-21(30)19(20)10-23(16-7-8-22(41-28(31)32)24(9-16)39-14-15-5-6-15)40-25(35)13-34-26(36)17-3-1-2-4-18(17)27(34)37/h1-4,7-9,11-12,15,23,28H,5-6,10,13-14H2/t23-/m1/s1. The van der Waals surface area contributed by atoms with Crippen molar-refractivity contribution >= 4 is 41.0 Å². The van der Waals surface area contributed by atoms with Gasteiger partial charge in [-0.3, -0.25) is 19.3 Å². The van der Waals surface area contributed by atoms with E-state index < -0.39 is 37.0 Å². The average molecular weight is 607 g/mol. The summed E-state index contributed by atoms with van der Waals surface area (Å²) < 4.78 is 42.6. The predicted molar refractivity (Wildman–Crippen MR) is 141 cm³/mol. The molecule has 1 fully saturated rings. The number of pyridine rings is 1. The predicted octanol–water partition coefficient (Wildman–Crippen LogP) is 5.14. The van der Waals surface area contributed by atoms with Gasteiger partial charge in [0.25, 0.3) is 11.8 Å². The first kappa shape index (κ1) is 28.6. The Morgan fingerprint density at radius 2 is 1.66 bits per heavy atom. The molecule has 41 heavy (non-hydrogen) atoms. The third kappa shape index (κ3) is 6.52. The van der Waals surface area contributed by atoms with Crippen LogP contribution in [0.3, 0.4) is 0 Å². The Hall–Kier alpha value is -3.96. The minimum absolute atomic E-state index is 0.00300. The number of hydrogen-bond acceptors (Lipinski definition) is 7. The summed E-state index contributed by atoms with van der Waals surface area (Å²) in [6, 6.07) is 10.2. The van der Waals surface area contributed by atoms with Crippen molar-refractivity contribution in [1.29, 1.82) is 0 Å². The van der Waals surface area contributed by atoms with Crippen molar-refractivity contribution in [2.75, 3.05) is 13.2 Å². The summed E-state index contributed by atoms with van der Waals surface area (Å²) in [6.45, 7) is -3.50. The van der Waals surface area contributed by atoms with Crippen LogP contribution in [0, 0.1) is 11.1 Å². The lowest BCUT2D eigenvalue weighted by atomic mass is 10.0. The summed E-state index contributed by atoms with van der Waals surface area (Å²) in [5, 5.41) is 11.7. The molecule has 214 valence electrons. The second-order valence-corrected chi connectivity index (χ2v) is 10.4. The van der Waals surface area contributed by atoms with Gasteiger partial charge in [-0.2, -0.15) is 13.5 Å². The van der Waals surface area contributed by atoms with Crippen molar-refractivity contribution in [2.24, 2.45) is 5.92 Å². The molecule has 9 nitrogen and oxygen atoms in total. The number of nitrogens with zero attached hydrogens (tertiary/aromatic N) is 2. The molecule has 1 saturated carbocycles. The topological polar surface area (TPSA) is 109 Å². The number of benzene rings is 2. The first-order valence-corrected chi connectivity index (χ1v) is 13.3. The van der Waals surface area contributed by atoms with Crippen LogP contribution >= 0.6 is 23.2 Å². The minimum Gasteiger partial charge on any atom is -0.619 e. The molecule has 13 heteroatoms. The number of amides is 2. The molecule has 0 saturated heterocycles. The monoisotopic (exact) mass is 606 g/mol. The van der Waals surface area contributed by atoms with Crippen LogP contribution in [0.2, 0.25) is 10.0 Å². The van der Waals surface area contributed by atoms with E-state index in [1.165, 1.54) is 30.3 Å². The van der Waals surface area contributed by atoms with Crippen LogP contribution in [0.15, 0.2) is 54.9 Å². The van der Waals surface area contributed by atoms with E-state index in [1.54, 1.807) is 12.1 Å². The highest BCUT2D eigenvalue weighted by molar-refractivity contribution is 6.35. The lowest BCUT2D eigenvalue weighted by Gasteiger charge is -2.22. The molecule has 2 amide bonds. The van der Waals surface area contributed by atoms with Crippen LogP contribution in [0.25, 0.3) is 0 Å². The maximum absolute atomic E-state index is 13.1. The van der Waals surface area contributed by atoms with E-state index in [4.69, 9.17) is 32.7 Å². The van der Waals surface area contributed by atoms with Gasteiger partial charge in [0.2, 0.25) is 0 Å². The number of fused-ring (bicyclic) bond motifs is 1. The van der Waals surface area contributed by atoms with Crippen LogP contribution in [0.5, 0.6) is 11.5 Å². The van der Waals surface area contributed by atoms with Crippen molar-refractivity contribution in [3.05, 3.63) is 92.4 Å². The Bertz CT molecular complexity index is 1460. The Labute approximate surface area is 242 Å². The molecular formula is C28H22Cl2F2N2O7. The zero-order chi connectivity index (χ0) is 29.3. The second-order valence-electron chi connectivity index (χ2n) is 9.56. The Kier molecular flexibility index (Phi) is 8.27. The molecular weight excluding hydrogens is 585 g/mol. The van der Waals surface area contributed by atoms with Crippen molar-refractivity contribution in [3.63, 3.8) is 0 Å². The summed E-state index contributed by atoms with van der Waals surface area (Å²) >= 11 is 12.5. The lowest BCUT2D eigenvalue weighted by Crippen LogP contribution is -2.36. The van der Waals surface area contributed by atoms with E-state index in [0.717, 1.165) is 30.1 Å². The number of esters is 1. The molecule has 0 N–H and O–H groups in total. The molecule has 0 radical (unpaired) electrons. The SMILES string of the molecule is O=C(CN1C(=O)c2ccccc2C1=O)O[C@H](Cc1c(Cl)c[n+]([O-])cc1Cl)c1ccc(OC(F)F)c(OCC2CC2)c1. The number of imide groups is 1. The fourth-order valence-corrected chi connectivity index (χ4v) is 4.97. The van der Waals surface area contributed by atoms with Crippen molar-refractivity contribution in [2.45, 2.75) is 32.0 Å².